The maximum absolute atomic E-state index is 13.4. The number of likely N-dealkylation sites (tertiary alicyclic amines) is 1. The van der Waals surface area contributed by atoms with Crippen LogP contribution in [-0.4, -0.2) is 143 Å². The smallest absolute Gasteiger partial charge is 0.263 e. The van der Waals surface area contributed by atoms with E-state index in [4.69, 9.17) is 4.98 Å². The SMILES string of the molecule is O=C(/C=C/c1cccnc1)NCCCCC1CCN(C(=O)c2ccc(N3CCC(N4CCN(CCCC#Cc5cccc6c5C(=O)N(C5CCC(=O)NC5=O)C6=O)CC4)CC3)nc2)CC1. The molecule has 6 amide bonds. The summed E-state index contributed by atoms with van der Waals surface area (Å²) in [5, 5.41) is 5.19. The number of rotatable bonds is 14. The molecule has 8 rings (SSSR count). The molecule has 15 nitrogen and oxygen atoms in total. The number of imide groups is 2. The molecule has 2 N–H and O–H groups in total. The van der Waals surface area contributed by atoms with Crippen molar-refractivity contribution in [3.8, 4) is 11.8 Å². The van der Waals surface area contributed by atoms with E-state index in [0.29, 0.717) is 36.1 Å². The number of amides is 6. The fourth-order valence-electron chi connectivity index (χ4n) is 9.76. The molecule has 5 aliphatic rings. The van der Waals surface area contributed by atoms with Crippen LogP contribution in [0.25, 0.3) is 6.08 Å². The molecule has 2 aromatic heterocycles. The van der Waals surface area contributed by atoms with Crippen molar-refractivity contribution in [2.45, 2.75) is 82.7 Å². The lowest BCUT2D eigenvalue weighted by Crippen LogP contribution is -2.54. The molecular weight excluding hydrogens is 823 g/mol. The first-order chi connectivity index (χ1) is 31.7. The number of fused-ring (bicyclic) bond motifs is 1. The summed E-state index contributed by atoms with van der Waals surface area (Å²) in [5.74, 6) is 5.72. The number of anilines is 1. The minimum absolute atomic E-state index is 0.0587. The Bertz CT molecular complexity index is 2300. The molecule has 3 aromatic rings. The molecule has 0 spiro atoms. The van der Waals surface area contributed by atoms with Gasteiger partial charge in [-0.2, -0.15) is 0 Å². The Labute approximate surface area is 381 Å². The fraction of sp³-hybridized carbons (Fsp3) is 0.480. The van der Waals surface area contributed by atoms with Gasteiger partial charge in [0, 0.05) is 108 Å². The zero-order chi connectivity index (χ0) is 45.1. The number of carbonyl (C=O) groups is 6. The number of benzene rings is 1. The highest BCUT2D eigenvalue weighted by Gasteiger charge is 2.45. The highest BCUT2D eigenvalue weighted by atomic mass is 16.2. The van der Waals surface area contributed by atoms with E-state index in [-0.39, 0.29) is 35.8 Å². The van der Waals surface area contributed by atoms with Crippen LogP contribution in [0.1, 0.15) is 113 Å². The molecule has 15 heteroatoms. The fourth-order valence-corrected chi connectivity index (χ4v) is 9.76. The van der Waals surface area contributed by atoms with Gasteiger partial charge in [-0.1, -0.05) is 36.8 Å². The van der Waals surface area contributed by atoms with Gasteiger partial charge in [0.2, 0.25) is 17.7 Å². The average Bonchev–Trinajstić information content (AvgIpc) is 3.59. The summed E-state index contributed by atoms with van der Waals surface area (Å²) in [5.41, 5.74) is 2.50. The van der Waals surface area contributed by atoms with Crippen molar-refractivity contribution in [2.75, 3.05) is 70.3 Å². The molecule has 0 saturated carbocycles. The van der Waals surface area contributed by atoms with Gasteiger partial charge in [-0.15, -0.1) is 0 Å². The monoisotopic (exact) mass is 881 g/mol. The van der Waals surface area contributed by atoms with Gasteiger partial charge in [0.05, 0.1) is 16.7 Å². The molecule has 0 radical (unpaired) electrons. The highest BCUT2D eigenvalue weighted by Crippen LogP contribution is 2.30. The molecule has 1 atom stereocenters. The first-order valence-electron chi connectivity index (χ1n) is 23.4. The second-order valence-corrected chi connectivity index (χ2v) is 17.7. The highest BCUT2D eigenvalue weighted by molar-refractivity contribution is 6.24. The number of hydrogen-bond donors (Lipinski definition) is 2. The Kier molecular flexibility index (Phi) is 15.1. The topological polar surface area (TPSA) is 168 Å². The normalized spacial score (nSPS) is 20.2. The molecule has 4 saturated heterocycles. The number of carbonyl (C=O) groups excluding carboxylic acids is 6. The molecule has 0 bridgehead atoms. The van der Waals surface area contributed by atoms with Crippen molar-refractivity contribution in [3.05, 3.63) is 94.9 Å². The summed E-state index contributed by atoms with van der Waals surface area (Å²) in [4.78, 5) is 95.2. The van der Waals surface area contributed by atoms with Crippen LogP contribution in [0.4, 0.5) is 5.82 Å². The predicted molar refractivity (Wildman–Crippen MR) is 245 cm³/mol. The maximum atomic E-state index is 13.4. The van der Waals surface area contributed by atoms with Gasteiger partial charge in [-0.25, -0.2) is 4.98 Å². The molecule has 65 heavy (non-hydrogen) atoms. The molecule has 4 fully saturated rings. The Morgan fingerprint density at radius 2 is 1.65 bits per heavy atom. The molecule has 340 valence electrons. The minimum Gasteiger partial charge on any atom is -0.357 e. The van der Waals surface area contributed by atoms with Crippen molar-refractivity contribution in [3.63, 3.8) is 0 Å². The third kappa shape index (κ3) is 11.4. The Balaban J connectivity index is 0.691. The zero-order valence-electron chi connectivity index (χ0n) is 37.1. The Morgan fingerprint density at radius 3 is 2.38 bits per heavy atom. The second kappa shape index (κ2) is 21.6. The lowest BCUT2D eigenvalue weighted by atomic mass is 9.91. The number of aromatic nitrogens is 2. The first kappa shape index (κ1) is 45.3. The number of piperidine rings is 3. The van der Waals surface area contributed by atoms with Crippen molar-refractivity contribution in [1.29, 1.82) is 0 Å². The van der Waals surface area contributed by atoms with E-state index in [1.807, 2.05) is 29.2 Å². The standard InChI is InChI=1S/C50H59N9O6/c60-44(17-13-37-9-7-23-51-34-37)52-24-4-3-8-36-19-26-58(27-20-36)48(63)39-14-16-43(53-35-39)57-28-21-40(22-29-57)56-32-30-55(31-33-56)25-5-1-2-10-38-11-6-12-41-46(38)50(65)59(49(41)64)42-15-18-45(61)54-47(42)62/h6-7,9,11-14,16-17,23,34-36,40,42H,1,3-5,8,15,18-22,24-33H2,(H,52,60)(H,54,61,62)/b17-13+. The minimum atomic E-state index is -1.000. The van der Waals surface area contributed by atoms with E-state index in [0.717, 1.165) is 127 Å². The predicted octanol–water partition coefficient (Wildman–Crippen LogP) is 4.15. The van der Waals surface area contributed by atoms with Crippen molar-refractivity contribution in [2.24, 2.45) is 5.92 Å². The number of unbranched alkanes of at least 4 members (excludes halogenated alkanes) is 2. The molecule has 7 heterocycles. The number of piperazine rings is 1. The van der Waals surface area contributed by atoms with Crippen LogP contribution in [0.2, 0.25) is 0 Å². The van der Waals surface area contributed by atoms with Crippen molar-refractivity contribution < 1.29 is 28.8 Å². The lowest BCUT2D eigenvalue weighted by molar-refractivity contribution is -0.136. The molecule has 1 aromatic carbocycles. The van der Waals surface area contributed by atoms with Crippen molar-refractivity contribution >= 4 is 47.3 Å². The van der Waals surface area contributed by atoms with Gasteiger partial charge < -0.3 is 20.0 Å². The summed E-state index contributed by atoms with van der Waals surface area (Å²) in [6, 6.07) is 12.3. The van der Waals surface area contributed by atoms with Crippen LogP contribution >= 0.6 is 0 Å². The summed E-state index contributed by atoms with van der Waals surface area (Å²) in [6.45, 7) is 9.08. The van der Waals surface area contributed by atoms with E-state index >= 15 is 0 Å². The number of nitrogens with one attached hydrogen (secondary N) is 2. The largest absolute Gasteiger partial charge is 0.357 e. The number of pyridine rings is 2. The molecular formula is C50H59N9O6. The lowest BCUT2D eigenvalue weighted by Gasteiger charge is -2.43. The van der Waals surface area contributed by atoms with Gasteiger partial charge in [0.1, 0.15) is 11.9 Å². The quantitative estimate of drug-likeness (QED) is 0.103. The van der Waals surface area contributed by atoms with Gasteiger partial charge >= 0.3 is 0 Å². The average molecular weight is 882 g/mol. The van der Waals surface area contributed by atoms with E-state index in [9.17, 15) is 28.8 Å². The van der Waals surface area contributed by atoms with E-state index in [1.54, 1.807) is 48.9 Å². The van der Waals surface area contributed by atoms with E-state index in [1.165, 1.54) is 0 Å². The molecule has 0 aliphatic carbocycles. The molecule has 1 unspecified atom stereocenters. The zero-order valence-corrected chi connectivity index (χ0v) is 37.1. The summed E-state index contributed by atoms with van der Waals surface area (Å²) in [7, 11) is 0. The number of nitrogens with zero attached hydrogens (tertiary/aromatic N) is 7. The first-order valence-corrected chi connectivity index (χ1v) is 23.4. The van der Waals surface area contributed by atoms with Gasteiger partial charge in [-0.05, 0) is 99.4 Å². The van der Waals surface area contributed by atoms with Gasteiger partial charge in [0.25, 0.3) is 17.7 Å². The van der Waals surface area contributed by atoms with Gasteiger partial charge in [-0.3, -0.25) is 48.9 Å². The number of hydrogen-bond acceptors (Lipinski definition) is 11. The summed E-state index contributed by atoms with van der Waals surface area (Å²) < 4.78 is 0. The summed E-state index contributed by atoms with van der Waals surface area (Å²) >= 11 is 0. The third-order valence-corrected chi connectivity index (χ3v) is 13.5. The molecule has 5 aliphatic heterocycles. The Hall–Kier alpha value is -6.24. The van der Waals surface area contributed by atoms with Crippen LogP contribution in [0.15, 0.2) is 67.1 Å². The second-order valence-electron chi connectivity index (χ2n) is 17.7. The van der Waals surface area contributed by atoms with E-state index in [2.05, 4.69) is 42.2 Å². The van der Waals surface area contributed by atoms with Crippen LogP contribution in [0, 0.1) is 17.8 Å². The van der Waals surface area contributed by atoms with Crippen LogP contribution < -0.4 is 15.5 Å². The van der Waals surface area contributed by atoms with E-state index < -0.39 is 29.7 Å². The third-order valence-electron chi connectivity index (χ3n) is 13.5. The van der Waals surface area contributed by atoms with Crippen molar-refractivity contribution in [1.82, 2.24) is 40.2 Å². The van der Waals surface area contributed by atoms with Crippen LogP contribution in [0.5, 0.6) is 0 Å². The summed E-state index contributed by atoms with van der Waals surface area (Å²) in [6.07, 6.45) is 17.5. The van der Waals surface area contributed by atoms with Crippen LogP contribution in [-0.2, 0) is 14.4 Å². The van der Waals surface area contributed by atoms with Gasteiger partial charge in [0.15, 0.2) is 0 Å². The maximum Gasteiger partial charge on any atom is 0.263 e. The van der Waals surface area contributed by atoms with Crippen LogP contribution in [0.3, 0.4) is 0 Å². The Morgan fingerprint density at radius 1 is 0.831 bits per heavy atom.